The Morgan fingerprint density at radius 2 is 2.12 bits per heavy atom. The Bertz CT molecular complexity index is 624. The topological polar surface area (TPSA) is 99.6 Å². The SMILES string of the molecule is CCCC[C@H](CN(O)C=O)C(=O)[C@@H](NC(=O)c1cccnc1F)C(C)C. The minimum atomic E-state index is -0.912. The van der Waals surface area contributed by atoms with Crippen LogP contribution in [0.1, 0.15) is 50.4 Å². The van der Waals surface area contributed by atoms with Crippen molar-refractivity contribution in [1.29, 1.82) is 0 Å². The summed E-state index contributed by atoms with van der Waals surface area (Å²) in [6.07, 6.45) is 3.52. The first-order chi connectivity index (χ1) is 12.3. The van der Waals surface area contributed by atoms with Crippen molar-refractivity contribution in [3.05, 3.63) is 29.8 Å². The highest BCUT2D eigenvalue weighted by Gasteiger charge is 2.32. The lowest BCUT2D eigenvalue weighted by atomic mass is 9.87. The van der Waals surface area contributed by atoms with Gasteiger partial charge in [-0.25, -0.2) is 10.0 Å². The summed E-state index contributed by atoms with van der Waals surface area (Å²) in [5.74, 6) is -2.82. The maximum absolute atomic E-state index is 13.7. The van der Waals surface area contributed by atoms with E-state index >= 15 is 0 Å². The molecule has 1 heterocycles. The first-order valence-corrected chi connectivity index (χ1v) is 8.67. The van der Waals surface area contributed by atoms with Gasteiger partial charge in [0.05, 0.1) is 18.2 Å². The van der Waals surface area contributed by atoms with Crippen molar-refractivity contribution in [2.24, 2.45) is 11.8 Å². The van der Waals surface area contributed by atoms with E-state index in [1.54, 1.807) is 13.8 Å². The van der Waals surface area contributed by atoms with Gasteiger partial charge >= 0.3 is 0 Å². The number of aromatic nitrogens is 1. The zero-order chi connectivity index (χ0) is 19.7. The van der Waals surface area contributed by atoms with Crippen molar-refractivity contribution in [1.82, 2.24) is 15.4 Å². The van der Waals surface area contributed by atoms with E-state index in [1.165, 1.54) is 18.3 Å². The molecule has 0 unspecified atom stereocenters. The zero-order valence-corrected chi connectivity index (χ0v) is 15.3. The number of hydroxylamine groups is 2. The third-order valence-electron chi connectivity index (χ3n) is 4.10. The normalized spacial score (nSPS) is 13.2. The van der Waals surface area contributed by atoms with E-state index in [9.17, 15) is 24.0 Å². The molecule has 1 rings (SSSR count). The number of hydrogen-bond acceptors (Lipinski definition) is 5. The number of amides is 2. The van der Waals surface area contributed by atoms with Gasteiger partial charge in [0.2, 0.25) is 12.4 Å². The summed E-state index contributed by atoms with van der Waals surface area (Å²) < 4.78 is 13.7. The molecule has 0 aliphatic heterocycles. The molecular weight excluding hydrogens is 341 g/mol. The smallest absolute Gasteiger partial charge is 0.256 e. The summed E-state index contributed by atoms with van der Waals surface area (Å²) in [5, 5.41) is 12.5. The molecule has 0 aliphatic rings. The molecule has 0 spiro atoms. The Morgan fingerprint density at radius 1 is 1.42 bits per heavy atom. The van der Waals surface area contributed by atoms with Crippen LogP contribution in [0, 0.1) is 17.8 Å². The molecule has 1 aromatic heterocycles. The van der Waals surface area contributed by atoms with E-state index in [2.05, 4.69) is 10.3 Å². The number of nitrogens with one attached hydrogen (secondary N) is 1. The lowest BCUT2D eigenvalue weighted by molar-refractivity contribution is -0.154. The van der Waals surface area contributed by atoms with Gasteiger partial charge in [-0.2, -0.15) is 4.39 Å². The van der Waals surface area contributed by atoms with Gasteiger partial charge in [-0.3, -0.25) is 19.6 Å². The monoisotopic (exact) mass is 367 g/mol. The van der Waals surface area contributed by atoms with Crippen LogP contribution in [0.5, 0.6) is 0 Å². The number of ketones is 1. The predicted octanol–water partition coefficient (Wildman–Crippen LogP) is 2.20. The Morgan fingerprint density at radius 3 is 2.65 bits per heavy atom. The Labute approximate surface area is 152 Å². The van der Waals surface area contributed by atoms with Crippen molar-refractivity contribution in [3.63, 3.8) is 0 Å². The van der Waals surface area contributed by atoms with Crippen LogP contribution in [-0.2, 0) is 9.59 Å². The van der Waals surface area contributed by atoms with Gasteiger partial charge in [0.15, 0.2) is 5.78 Å². The maximum atomic E-state index is 13.7. The molecule has 0 saturated carbocycles. The number of halogens is 1. The highest BCUT2D eigenvalue weighted by Crippen LogP contribution is 2.17. The standard InChI is InChI=1S/C18H26FN3O4/c1-4-5-7-13(10-22(26)11-23)16(24)15(12(2)3)21-18(25)14-8-6-9-20-17(14)19/h6,8-9,11-13,15,26H,4-5,7,10H2,1-3H3,(H,21,25)/t13-,15+/m1/s1. The van der Waals surface area contributed by atoms with Crippen LogP contribution in [0.2, 0.25) is 0 Å². The van der Waals surface area contributed by atoms with Gasteiger partial charge in [0.25, 0.3) is 5.91 Å². The van der Waals surface area contributed by atoms with Crippen LogP contribution >= 0.6 is 0 Å². The van der Waals surface area contributed by atoms with Crippen LogP contribution in [0.25, 0.3) is 0 Å². The van der Waals surface area contributed by atoms with Crippen molar-refractivity contribution in [3.8, 4) is 0 Å². The minimum absolute atomic E-state index is 0.150. The second kappa shape index (κ2) is 10.6. The van der Waals surface area contributed by atoms with Crippen LogP contribution in [0.3, 0.4) is 0 Å². The summed E-state index contributed by atoms with van der Waals surface area (Å²) >= 11 is 0. The average molecular weight is 367 g/mol. The molecule has 2 atom stereocenters. The number of rotatable bonds is 11. The Balaban J connectivity index is 2.97. The second-order valence-corrected chi connectivity index (χ2v) is 6.51. The molecule has 144 valence electrons. The molecule has 8 heteroatoms. The number of Topliss-reactive ketones (excluding diaryl/α,β-unsaturated/α-hetero) is 1. The number of hydrogen-bond donors (Lipinski definition) is 2. The van der Waals surface area contributed by atoms with Gasteiger partial charge in [-0.1, -0.05) is 33.6 Å². The third kappa shape index (κ3) is 6.18. The summed E-state index contributed by atoms with van der Waals surface area (Å²) in [6.45, 7) is 5.33. The number of pyridine rings is 1. The average Bonchev–Trinajstić information content (AvgIpc) is 2.62. The van der Waals surface area contributed by atoms with E-state index in [0.717, 1.165) is 12.8 Å². The summed E-state index contributed by atoms with van der Waals surface area (Å²) in [7, 11) is 0. The first-order valence-electron chi connectivity index (χ1n) is 8.67. The van der Waals surface area contributed by atoms with E-state index < -0.39 is 23.8 Å². The molecule has 0 saturated heterocycles. The highest BCUT2D eigenvalue weighted by molar-refractivity contribution is 5.98. The summed E-state index contributed by atoms with van der Waals surface area (Å²) in [5.41, 5.74) is -0.243. The molecule has 7 nitrogen and oxygen atoms in total. The van der Waals surface area contributed by atoms with Gasteiger partial charge in [-0.15, -0.1) is 0 Å². The third-order valence-corrected chi connectivity index (χ3v) is 4.10. The lowest BCUT2D eigenvalue weighted by Crippen LogP contribution is -2.48. The molecule has 0 fully saturated rings. The van der Waals surface area contributed by atoms with Crippen LogP contribution in [0.15, 0.2) is 18.3 Å². The second-order valence-electron chi connectivity index (χ2n) is 6.51. The first kappa shape index (κ1) is 21.7. The van der Waals surface area contributed by atoms with E-state index in [1.807, 2.05) is 6.92 Å². The summed E-state index contributed by atoms with van der Waals surface area (Å²) in [6, 6.07) is 1.85. The van der Waals surface area contributed by atoms with Gasteiger partial charge in [0, 0.05) is 12.1 Å². The molecule has 0 aliphatic carbocycles. The van der Waals surface area contributed by atoms with Crippen molar-refractivity contribution in [2.45, 2.75) is 46.1 Å². The number of carbonyl (C=O) groups excluding carboxylic acids is 3. The number of nitrogens with zero attached hydrogens (tertiary/aromatic N) is 2. The molecular formula is C18H26FN3O4. The molecule has 0 radical (unpaired) electrons. The Hall–Kier alpha value is -2.35. The zero-order valence-electron chi connectivity index (χ0n) is 15.3. The number of carbonyl (C=O) groups is 3. The van der Waals surface area contributed by atoms with Crippen LogP contribution < -0.4 is 5.32 Å². The van der Waals surface area contributed by atoms with E-state index in [0.29, 0.717) is 11.5 Å². The fourth-order valence-electron chi connectivity index (χ4n) is 2.64. The minimum Gasteiger partial charge on any atom is -0.342 e. The predicted molar refractivity (Wildman–Crippen MR) is 92.9 cm³/mol. The van der Waals surface area contributed by atoms with Crippen LogP contribution in [-0.4, -0.2) is 45.9 Å². The lowest BCUT2D eigenvalue weighted by Gasteiger charge is -2.27. The fourth-order valence-corrected chi connectivity index (χ4v) is 2.64. The molecule has 1 aromatic rings. The van der Waals surface area contributed by atoms with Crippen molar-refractivity contribution in [2.75, 3.05) is 6.54 Å². The van der Waals surface area contributed by atoms with E-state index in [4.69, 9.17) is 0 Å². The number of unbranched alkanes of at least 4 members (excludes halogenated alkanes) is 1. The molecule has 0 aromatic carbocycles. The quantitative estimate of drug-likeness (QED) is 0.270. The molecule has 0 bridgehead atoms. The van der Waals surface area contributed by atoms with Gasteiger partial charge in [-0.05, 0) is 24.5 Å². The van der Waals surface area contributed by atoms with E-state index in [-0.39, 0.29) is 30.2 Å². The largest absolute Gasteiger partial charge is 0.342 e. The highest BCUT2D eigenvalue weighted by atomic mass is 19.1. The van der Waals surface area contributed by atoms with Gasteiger partial charge < -0.3 is 5.32 Å². The van der Waals surface area contributed by atoms with Crippen molar-refractivity contribution >= 4 is 18.1 Å². The summed E-state index contributed by atoms with van der Waals surface area (Å²) in [4.78, 5) is 39.4. The van der Waals surface area contributed by atoms with Gasteiger partial charge in [0.1, 0.15) is 0 Å². The molecule has 26 heavy (non-hydrogen) atoms. The van der Waals surface area contributed by atoms with Crippen molar-refractivity contribution < 1.29 is 24.0 Å². The molecule has 2 N–H and O–H groups in total. The van der Waals surface area contributed by atoms with Crippen LogP contribution in [0.4, 0.5) is 4.39 Å². The fraction of sp³-hybridized carbons (Fsp3) is 0.556. The molecule has 2 amide bonds. The Kier molecular flexibility index (Phi) is 8.84. The maximum Gasteiger partial charge on any atom is 0.256 e.